The summed E-state index contributed by atoms with van der Waals surface area (Å²) in [5, 5.41) is 0. The number of methoxy groups -OCH3 is 1. The molecule has 0 aliphatic heterocycles. The van der Waals surface area contributed by atoms with Gasteiger partial charge < -0.3 is 14.2 Å². The largest absolute Gasteiger partial charge is 0.497 e. The normalized spacial score (nSPS) is 11.3. The van der Waals surface area contributed by atoms with E-state index in [1.807, 2.05) is 18.2 Å². The molecule has 0 aliphatic rings. The molecule has 2 rings (SSSR count). The summed E-state index contributed by atoms with van der Waals surface area (Å²) in [5.41, 5.74) is 0.681. The van der Waals surface area contributed by atoms with Gasteiger partial charge in [0, 0.05) is 6.07 Å². The van der Waals surface area contributed by atoms with Crippen LogP contribution in [0, 0.1) is 0 Å². The summed E-state index contributed by atoms with van der Waals surface area (Å²) in [5.74, 6) is 1.88. The van der Waals surface area contributed by atoms with Gasteiger partial charge in [-0.25, -0.2) is 4.98 Å². The molecule has 7 heteroatoms. The maximum Gasteiger partial charge on any atom is 0.219 e. The molecular weight excluding hydrogens is 349 g/mol. The van der Waals surface area contributed by atoms with Gasteiger partial charge in [-0.3, -0.25) is 0 Å². The van der Waals surface area contributed by atoms with E-state index in [1.165, 1.54) is 0 Å². The number of ether oxygens (including phenoxy) is 3. The predicted octanol–water partition coefficient (Wildman–Crippen LogP) is 4.77. The van der Waals surface area contributed by atoms with Crippen LogP contribution in [-0.2, 0) is 11.3 Å². The molecule has 0 atom stereocenters. The standard InChI is InChI=1S/C15H14Cl3NO3/c1-20-12-5-7-13(8-6-12)22-14-4-2-3-11(19-14)9-21-10-15(16,17)18/h2-8H,9-10H2,1H3. The predicted molar refractivity (Wildman–Crippen MR) is 87.3 cm³/mol. The van der Waals surface area contributed by atoms with Gasteiger partial charge in [0.25, 0.3) is 0 Å². The van der Waals surface area contributed by atoms with Crippen molar-refractivity contribution in [1.29, 1.82) is 0 Å². The first-order chi connectivity index (χ1) is 10.5. The zero-order chi connectivity index (χ0) is 16.0. The maximum atomic E-state index is 5.67. The van der Waals surface area contributed by atoms with Crippen molar-refractivity contribution in [1.82, 2.24) is 4.98 Å². The van der Waals surface area contributed by atoms with Crippen molar-refractivity contribution in [2.24, 2.45) is 0 Å². The Morgan fingerprint density at radius 1 is 1.00 bits per heavy atom. The summed E-state index contributed by atoms with van der Waals surface area (Å²) in [6, 6.07) is 12.6. The minimum absolute atomic E-state index is 0.0110. The maximum absolute atomic E-state index is 5.67. The zero-order valence-corrected chi connectivity index (χ0v) is 14.0. The van der Waals surface area contributed by atoms with Crippen molar-refractivity contribution in [2.45, 2.75) is 10.4 Å². The van der Waals surface area contributed by atoms with Crippen LogP contribution in [-0.4, -0.2) is 22.5 Å². The number of hydrogen-bond donors (Lipinski definition) is 0. The van der Waals surface area contributed by atoms with Crippen LogP contribution in [0.25, 0.3) is 0 Å². The molecule has 1 aromatic carbocycles. The third kappa shape index (κ3) is 5.89. The van der Waals surface area contributed by atoms with Gasteiger partial charge in [-0.15, -0.1) is 0 Å². The van der Waals surface area contributed by atoms with E-state index in [9.17, 15) is 0 Å². The van der Waals surface area contributed by atoms with E-state index in [4.69, 9.17) is 49.0 Å². The lowest BCUT2D eigenvalue weighted by atomic mass is 10.3. The molecule has 2 aromatic rings. The second-order valence-corrected chi connectivity index (χ2v) is 6.87. The van der Waals surface area contributed by atoms with Gasteiger partial charge in [0.05, 0.1) is 26.0 Å². The third-order valence-corrected chi connectivity index (χ3v) is 2.91. The van der Waals surface area contributed by atoms with Crippen LogP contribution < -0.4 is 9.47 Å². The summed E-state index contributed by atoms with van der Waals surface area (Å²) in [4.78, 5) is 4.32. The monoisotopic (exact) mass is 361 g/mol. The first kappa shape index (κ1) is 17.2. The topological polar surface area (TPSA) is 40.6 Å². The molecule has 0 saturated carbocycles. The number of halogens is 3. The van der Waals surface area contributed by atoms with Crippen LogP contribution in [0.15, 0.2) is 42.5 Å². The van der Waals surface area contributed by atoms with Gasteiger partial charge in [-0.1, -0.05) is 40.9 Å². The summed E-state index contributed by atoms with van der Waals surface area (Å²) in [6.45, 7) is 0.219. The zero-order valence-electron chi connectivity index (χ0n) is 11.8. The fraction of sp³-hybridized carbons (Fsp3) is 0.267. The van der Waals surface area contributed by atoms with Crippen LogP contribution >= 0.6 is 34.8 Å². The molecule has 1 heterocycles. The second kappa shape index (κ2) is 7.88. The van der Waals surface area contributed by atoms with Crippen molar-refractivity contribution in [2.75, 3.05) is 13.7 Å². The van der Waals surface area contributed by atoms with Gasteiger partial charge in [0.1, 0.15) is 11.5 Å². The Hall–Kier alpha value is -1.20. The lowest BCUT2D eigenvalue weighted by Gasteiger charge is -2.11. The molecule has 0 spiro atoms. The van der Waals surface area contributed by atoms with E-state index in [1.54, 1.807) is 31.4 Å². The Bertz CT molecular complexity index is 600. The van der Waals surface area contributed by atoms with Crippen LogP contribution in [0.5, 0.6) is 17.4 Å². The summed E-state index contributed by atoms with van der Waals surface area (Å²) in [7, 11) is 1.61. The average Bonchev–Trinajstić information content (AvgIpc) is 2.47. The number of hydrogen-bond acceptors (Lipinski definition) is 4. The third-order valence-electron chi connectivity index (χ3n) is 2.58. The van der Waals surface area contributed by atoms with Crippen LogP contribution in [0.1, 0.15) is 5.69 Å². The van der Waals surface area contributed by atoms with Crippen LogP contribution in [0.4, 0.5) is 0 Å². The first-order valence-corrected chi connectivity index (χ1v) is 7.52. The molecule has 0 radical (unpaired) electrons. The summed E-state index contributed by atoms with van der Waals surface area (Å²) in [6.07, 6.45) is 0. The van der Waals surface area contributed by atoms with E-state index in [0.717, 1.165) is 5.75 Å². The quantitative estimate of drug-likeness (QED) is 0.694. The Balaban J connectivity index is 1.95. The minimum atomic E-state index is -1.43. The highest BCUT2D eigenvalue weighted by Crippen LogP contribution is 2.26. The van der Waals surface area contributed by atoms with E-state index >= 15 is 0 Å². The van der Waals surface area contributed by atoms with E-state index in [-0.39, 0.29) is 13.2 Å². The highest BCUT2D eigenvalue weighted by atomic mass is 35.6. The molecule has 0 unspecified atom stereocenters. The molecule has 0 N–H and O–H groups in total. The number of nitrogens with zero attached hydrogens (tertiary/aromatic N) is 1. The Labute approximate surface area is 143 Å². The molecule has 0 aliphatic carbocycles. The molecule has 1 aromatic heterocycles. The fourth-order valence-corrected chi connectivity index (χ4v) is 1.86. The second-order valence-electron chi connectivity index (χ2n) is 4.35. The lowest BCUT2D eigenvalue weighted by molar-refractivity contribution is 0.123. The van der Waals surface area contributed by atoms with E-state index < -0.39 is 3.79 Å². The van der Waals surface area contributed by atoms with Crippen molar-refractivity contribution in [3.8, 4) is 17.4 Å². The Morgan fingerprint density at radius 2 is 1.68 bits per heavy atom. The molecule has 0 saturated heterocycles. The lowest BCUT2D eigenvalue weighted by Crippen LogP contribution is -2.13. The highest BCUT2D eigenvalue weighted by Gasteiger charge is 2.19. The van der Waals surface area contributed by atoms with Gasteiger partial charge in [-0.05, 0) is 30.3 Å². The number of rotatable bonds is 6. The first-order valence-electron chi connectivity index (χ1n) is 6.38. The van der Waals surface area contributed by atoms with Gasteiger partial charge in [0.15, 0.2) is 0 Å². The van der Waals surface area contributed by atoms with Crippen molar-refractivity contribution in [3.63, 3.8) is 0 Å². The molecule has 118 valence electrons. The van der Waals surface area contributed by atoms with Crippen molar-refractivity contribution in [3.05, 3.63) is 48.2 Å². The van der Waals surface area contributed by atoms with E-state index in [0.29, 0.717) is 17.3 Å². The SMILES string of the molecule is COc1ccc(Oc2cccc(COCC(Cl)(Cl)Cl)n2)cc1. The molecule has 4 nitrogen and oxygen atoms in total. The minimum Gasteiger partial charge on any atom is -0.497 e. The molecule has 0 fully saturated rings. The summed E-state index contributed by atoms with van der Waals surface area (Å²) >= 11 is 16.8. The van der Waals surface area contributed by atoms with Crippen LogP contribution in [0.3, 0.4) is 0 Å². The Morgan fingerprint density at radius 3 is 2.32 bits per heavy atom. The van der Waals surface area contributed by atoms with Gasteiger partial charge >= 0.3 is 0 Å². The van der Waals surface area contributed by atoms with Crippen LogP contribution in [0.2, 0.25) is 0 Å². The van der Waals surface area contributed by atoms with E-state index in [2.05, 4.69) is 4.98 Å². The number of aromatic nitrogens is 1. The van der Waals surface area contributed by atoms with Crippen molar-refractivity contribution < 1.29 is 14.2 Å². The molecule has 0 bridgehead atoms. The van der Waals surface area contributed by atoms with Crippen molar-refractivity contribution >= 4 is 34.8 Å². The molecular formula is C15H14Cl3NO3. The number of pyridine rings is 1. The molecule has 0 amide bonds. The highest BCUT2D eigenvalue weighted by molar-refractivity contribution is 6.67. The Kier molecular flexibility index (Phi) is 6.15. The number of alkyl halides is 3. The smallest absolute Gasteiger partial charge is 0.219 e. The fourth-order valence-electron chi connectivity index (χ4n) is 1.63. The summed E-state index contributed by atoms with van der Waals surface area (Å²) < 4.78 is 14.6. The molecule has 22 heavy (non-hydrogen) atoms. The van der Waals surface area contributed by atoms with Gasteiger partial charge in [0.2, 0.25) is 9.67 Å². The average molecular weight is 363 g/mol. The van der Waals surface area contributed by atoms with Gasteiger partial charge in [-0.2, -0.15) is 0 Å². The number of benzene rings is 1.